The second-order valence-corrected chi connectivity index (χ2v) is 15.2. The maximum atomic E-state index is 11.3. The van der Waals surface area contributed by atoms with Crippen LogP contribution in [0.4, 0.5) is 0 Å². The van der Waals surface area contributed by atoms with E-state index in [1.54, 1.807) is 6.20 Å². The van der Waals surface area contributed by atoms with E-state index >= 15 is 0 Å². The number of hydrogen-bond donors (Lipinski definition) is 1. The number of pyridine rings is 2. The molecule has 0 aliphatic heterocycles. The molecule has 1 N–H and O–H groups in total. The Kier molecular flexibility index (Phi) is 7.77. The molecule has 5 aromatic carbocycles. The van der Waals surface area contributed by atoms with E-state index in [1.165, 1.54) is 26.6 Å². The number of imidazole rings is 1. The zero-order valence-corrected chi connectivity index (χ0v) is 32.9. The molecule has 0 atom stereocenters. The average Bonchev–Trinajstić information content (AvgIpc) is 3.67. The molecule has 0 bridgehead atoms. The van der Waals surface area contributed by atoms with Crippen molar-refractivity contribution in [3.63, 3.8) is 0 Å². The van der Waals surface area contributed by atoms with Gasteiger partial charge in [0.1, 0.15) is 5.69 Å². The molecule has 10 aromatic rings. The quantitative estimate of drug-likeness (QED) is 0.109. The van der Waals surface area contributed by atoms with E-state index in [1.807, 2.05) is 18.2 Å². The fourth-order valence-corrected chi connectivity index (χ4v) is 8.28. The number of benzene rings is 5. The maximum Gasteiger partial charge on any atom is 0.283 e. The van der Waals surface area contributed by atoms with Gasteiger partial charge in [0.05, 0.1) is 33.4 Å². The first kappa shape index (κ1) is 34.0. The van der Waals surface area contributed by atoms with Crippen LogP contribution in [0.15, 0.2) is 128 Å². The predicted molar refractivity (Wildman–Crippen MR) is 215 cm³/mol. The van der Waals surface area contributed by atoms with Crippen LogP contribution < -0.4 is 4.73 Å². The zero-order chi connectivity index (χ0) is 36.2. The second-order valence-electron chi connectivity index (χ2n) is 15.2. The Labute approximate surface area is 327 Å². The maximum absolute atomic E-state index is 11.3. The Morgan fingerprint density at radius 3 is 2.09 bits per heavy atom. The predicted octanol–water partition coefficient (Wildman–Crippen LogP) is 10.8. The normalized spacial score (nSPS) is 12.1. The molecule has 10 rings (SSSR count). The van der Waals surface area contributed by atoms with Crippen molar-refractivity contribution in [1.82, 2.24) is 18.8 Å². The molecule has 0 saturated carbocycles. The van der Waals surface area contributed by atoms with Crippen LogP contribution in [0.25, 0.3) is 88.7 Å². The zero-order valence-electron chi connectivity index (χ0n) is 30.6. The van der Waals surface area contributed by atoms with Crippen molar-refractivity contribution >= 4 is 54.9 Å². The van der Waals surface area contributed by atoms with Crippen LogP contribution in [0, 0.1) is 19.9 Å². The number of fused-ring (bicyclic) bond motifs is 10. The van der Waals surface area contributed by atoms with Crippen molar-refractivity contribution in [2.75, 3.05) is 0 Å². The third-order valence-electron chi connectivity index (χ3n) is 10.8. The molecule has 5 heterocycles. The van der Waals surface area contributed by atoms with Crippen molar-refractivity contribution in [3.8, 4) is 33.8 Å². The molecular weight excluding hydrogens is 846 g/mol. The van der Waals surface area contributed by atoms with Crippen LogP contribution in [0.3, 0.4) is 0 Å². The van der Waals surface area contributed by atoms with Gasteiger partial charge in [-0.25, -0.2) is 4.98 Å². The van der Waals surface area contributed by atoms with Gasteiger partial charge in [-0.05, 0) is 94.4 Å². The van der Waals surface area contributed by atoms with Crippen molar-refractivity contribution in [2.45, 2.75) is 40.0 Å². The Morgan fingerprint density at radius 1 is 0.667 bits per heavy atom. The summed E-state index contributed by atoms with van der Waals surface area (Å²) >= 11 is 0. The first-order valence-electron chi connectivity index (χ1n) is 18.1. The monoisotopic (exact) mass is 882 g/mol. The van der Waals surface area contributed by atoms with E-state index in [2.05, 4.69) is 153 Å². The fraction of sp³-hybridized carbons (Fsp3) is 0.128. The first-order chi connectivity index (χ1) is 25.7. The molecule has 0 amide bonds. The SMILES string of the molecule is Cc1cccc(C)c1-c1cc[n+](O)c(-c2cc(C(C)(C)C)cc(-c3cccc4c3nc3c5[c-]ccc6c7ccccc7n(c7ccccc7n43)c56)n2)c1.[Pt]. The summed E-state index contributed by atoms with van der Waals surface area (Å²) in [5.74, 6) is 0. The molecule has 0 aliphatic carbocycles. The number of aryl methyl sites for hydroxylation is 2. The third kappa shape index (κ3) is 5.00. The van der Waals surface area contributed by atoms with Gasteiger partial charge < -0.3 is 8.80 Å². The second kappa shape index (κ2) is 12.4. The van der Waals surface area contributed by atoms with E-state index in [0.29, 0.717) is 11.4 Å². The molecule has 54 heavy (non-hydrogen) atoms. The summed E-state index contributed by atoms with van der Waals surface area (Å²) in [5, 5.41) is 14.6. The van der Waals surface area contributed by atoms with Crippen LogP contribution in [0.1, 0.15) is 37.5 Å². The summed E-state index contributed by atoms with van der Waals surface area (Å²) in [7, 11) is 0. The van der Waals surface area contributed by atoms with Gasteiger partial charge in [-0.3, -0.25) is 10.2 Å². The summed E-state index contributed by atoms with van der Waals surface area (Å²) in [6, 6.07) is 45.9. The van der Waals surface area contributed by atoms with Gasteiger partial charge in [0.25, 0.3) is 5.69 Å². The summed E-state index contributed by atoms with van der Waals surface area (Å²) in [6.07, 6.45) is 1.71. The molecule has 0 fully saturated rings. The molecule has 0 spiro atoms. The van der Waals surface area contributed by atoms with Crippen LogP contribution in [0.2, 0.25) is 0 Å². The van der Waals surface area contributed by atoms with E-state index in [-0.39, 0.29) is 26.5 Å². The fourth-order valence-electron chi connectivity index (χ4n) is 8.28. The molecule has 0 radical (unpaired) electrons. The molecule has 5 aromatic heterocycles. The van der Waals surface area contributed by atoms with Gasteiger partial charge >= 0.3 is 0 Å². The van der Waals surface area contributed by atoms with Gasteiger partial charge in [0, 0.05) is 49.0 Å². The molecule has 0 unspecified atom stereocenters. The van der Waals surface area contributed by atoms with Crippen molar-refractivity contribution in [1.29, 1.82) is 0 Å². The Balaban J connectivity index is 0.00000384. The summed E-state index contributed by atoms with van der Waals surface area (Å²) in [5.41, 5.74) is 15.6. The van der Waals surface area contributed by atoms with E-state index in [9.17, 15) is 5.21 Å². The summed E-state index contributed by atoms with van der Waals surface area (Å²) < 4.78 is 5.83. The van der Waals surface area contributed by atoms with Crippen LogP contribution >= 0.6 is 0 Å². The van der Waals surface area contributed by atoms with Crippen molar-refractivity contribution < 1.29 is 31.0 Å². The Hall–Kier alpha value is -5.84. The van der Waals surface area contributed by atoms with Crippen LogP contribution in [0.5, 0.6) is 0 Å². The van der Waals surface area contributed by atoms with Gasteiger partial charge in [-0.15, -0.1) is 18.2 Å². The molecule has 266 valence electrons. The molecule has 0 saturated heterocycles. The molecule has 6 nitrogen and oxygen atoms in total. The number of hydrogen-bond acceptors (Lipinski definition) is 3. The number of nitrogens with zero attached hydrogens (tertiary/aromatic N) is 5. The molecule has 7 heteroatoms. The van der Waals surface area contributed by atoms with Gasteiger partial charge in [0.2, 0.25) is 6.20 Å². The topological polar surface area (TPSA) is 58.7 Å². The minimum atomic E-state index is -0.187. The smallest absolute Gasteiger partial charge is 0.283 e. The van der Waals surface area contributed by atoms with Gasteiger partial charge in [-0.1, -0.05) is 92.2 Å². The van der Waals surface area contributed by atoms with Gasteiger partial charge in [0.15, 0.2) is 0 Å². The van der Waals surface area contributed by atoms with Crippen molar-refractivity contribution in [2.24, 2.45) is 0 Å². The largest absolute Gasteiger partial charge is 0.349 e. The van der Waals surface area contributed by atoms with Crippen molar-refractivity contribution in [3.05, 3.63) is 150 Å². The van der Waals surface area contributed by atoms with Crippen LogP contribution in [-0.4, -0.2) is 24.0 Å². The third-order valence-corrected chi connectivity index (χ3v) is 10.8. The summed E-state index contributed by atoms with van der Waals surface area (Å²) in [6.45, 7) is 10.9. The number of aromatic nitrogens is 5. The number of para-hydroxylation sites is 4. The van der Waals surface area contributed by atoms with Crippen LogP contribution in [-0.2, 0) is 26.5 Å². The first-order valence-corrected chi connectivity index (χ1v) is 18.1. The minimum Gasteiger partial charge on any atom is -0.349 e. The van der Waals surface area contributed by atoms with E-state index in [4.69, 9.17) is 9.97 Å². The Morgan fingerprint density at radius 2 is 1.33 bits per heavy atom. The Bertz CT molecular complexity index is 3130. The number of rotatable bonds is 3. The summed E-state index contributed by atoms with van der Waals surface area (Å²) in [4.78, 5) is 10.8. The van der Waals surface area contributed by atoms with E-state index in [0.717, 1.165) is 72.1 Å². The minimum absolute atomic E-state index is 0. The van der Waals surface area contributed by atoms with E-state index < -0.39 is 0 Å². The standard InChI is InChI=1S/C47H37N5O.Pt/c1-28-13-10-14-29(2)43(28)30-23-24-50(53)42(25-30)37-27-31(47(3,4)5)26-36(48-37)34-17-12-22-41-44(34)49-46-35-18-11-16-33-32-15-6-7-19-38(32)51(45(33)35)39-20-8-9-21-40(39)52(41)46;/h6-17,19-27,53H,1-5H3;. The average molecular weight is 883 g/mol. The molecule has 0 aliphatic rings. The molecular formula is C47H37N5OPt. The van der Waals surface area contributed by atoms with Gasteiger partial charge in [-0.2, -0.15) is 0 Å².